The molecule has 0 spiro atoms. The highest BCUT2D eigenvalue weighted by atomic mass is 16.3. The second kappa shape index (κ2) is 7.14. The van der Waals surface area contributed by atoms with Crippen molar-refractivity contribution >= 4 is 5.91 Å². The first-order chi connectivity index (χ1) is 8.99. The number of aromatic hydroxyl groups is 1. The molecule has 0 heterocycles. The Hall–Kier alpha value is -1.55. The Morgan fingerprint density at radius 3 is 2.63 bits per heavy atom. The third kappa shape index (κ3) is 4.24. The summed E-state index contributed by atoms with van der Waals surface area (Å²) in [6.07, 6.45) is 1.16. The lowest BCUT2D eigenvalue weighted by Gasteiger charge is -2.29. The van der Waals surface area contributed by atoms with E-state index in [1.807, 2.05) is 26.8 Å². The minimum atomic E-state index is -0.0853. The van der Waals surface area contributed by atoms with Crippen molar-refractivity contribution in [3.63, 3.8) is 0 Å². The maximum atomic E-state index is 12.2. The van der Waals surface area contributed by atoms with Gasteiger partial charge in [-0.05, 0) is 38.0 Å². The lowest BCUT2D eigenvalue weighted by molar-refractivity contribution is -0.133. The molecule has 0 bridgehead atoms. The van der Waals surface area contributed by atoms with E-state index in [0.29, 0.717) is 13.0 Å². The zero-order valence-electron chi connectivity index (χ0n) is 12.0. The van der Waals surface area contributed by atoms with Crippen LogP contribution in [0, 0.1) is 0 Å². The Bertz CT molecular complexity index is 420. The van der Waals surface area contributed by atoms with Crippen molar-refractivity contribution in [1.82, 2.24) is 4.90 Å². The maximum Gasteiger partial charge on any atom is 0.224 e. The van der Waals surface area contributed by atoms with E-state index < -0.39 is 0 Å². The fourth-order valence-electron chi connectivity index (χ4n) is 2.12. The quantitative estimate of drug-likeness (QED) is 0.829. The molecule has 0 aliphatic rings. The van der Waals surface area contributed by atoms with Crippen molar-refractivity contribution in [2.24, 2.45) is 5.73 Å². The highest BCUT2D eigenvalue weighted by Crippen LogP contribution is 2.24. The Kier molecular flexibility index (Phi) is 5.83. The number of nitrogens with zero attached hydrogens (tertiary/aromatic N) is 1. The molecule has 1 amide bonds. The van der Waals surface area contributed by atoms with Crippen molar-refractivity contribution in [3.05, 3.63) is 29.8 Å². The van der Waals surface area contributed by atoms with Gasteiger partial charge in [-0.3, -0.25) is 4.79 Å². The molecule has 1 aromatic carbocycles. The summed E-state index contributed by atoms with van der Waals surface area (Å²) in [6.45, 7) is 6.53. The van der Waals surface area contributed by atoms with Crippen LogP contribution in [-0.2, 0) is 4.79 Å². The van der Waals surface area contributed by atoms with Gasteiger partial charge in [0.25, 0.3) is 0 Å². The number of hydrogen-bond acceptors (Lipinski definition) is 3. The first-order valence-electron chi connectivity index (χ1n) is 6.83. The smallest absolute Gasteiger partial charge is 0.224 e. The molecule has 19 heavy (non-hydrogen) atoms. The molecule has 2 atom stereocenters. The normalized spacial score (nSPS) is 13.9. The van der Waals surface area contributed by atoms with Crippen molar-refractivity contribution < 1.29 is 9.90 Å². The van der Waals surface area contributed by atoms with Crippen molar-refractivity contribution in [2.75, 3.05) is 6.54 Å². The molecule has 1 rings (SSSR count). The van der Waals surface area contributed by atoms with Crippen LogP contribution in [0.3, 0.4) is 0 Å². The van der Waals surface area contributed by atoms with Crippen molar-refractivity contribution in [1.29, 1.82) is 0 Å². The Balaban J connectivity index is 2.81. The average Bonchev–Trinajstić information content (AvgIpc) is 2.39. The molecule has 3 N–H and O–H groups in total. The number of rotatable bonds is 6. The zero-order chi connectivity index (χ0) is 14.4. The van der Waals surface area contributed by atoms with Crippen LogP contribution in [0.2, 0.25) is 0 Å². The lowest BCUT2D eigenvalue weighted by atomic mass is 10.0. The van der Waals surface area contributed by atoms with Gasteiger partial charge in [0.15, 0.2) is 0 Å². The predicted octanol–water partition coefficient (Wildman–Crippen LogP) is 2.43. The monoisotopic (exact) mass is 264 g/mol. The summed E-state index contributed by atoms with van der Waals surface area (Å²) in [5.74, 6) is 0.283. The van der Waals surface area contributed by atoms with Crippen LogP contribution in [0.4, 0.5) is 0 Å². The molecule has 0 aromatic heterocycles. The van der Waals surface area contributed by atoms with Gasteiger partial charge in [0.1, 0.15) is 5.75 Å². The van der Waals surface area contributed by atoms with E-state index in [4.69, 9.17) is 5.73 Å². The fourth-order valence-corrected chi connectivity index (χ4v) is 2.12. The topological polar surface area (TPSA) is 66.6 Å². The minimum Gasteiger partial charge on any atom is -0.508 e. The van der Waals surface area contributed by atoms with Crippen molar-refractivity contribution in [3.8, 4) is 5.75 Å². The maximum absolute atomic E-state index is 12.2. The predicted molar refractivity (Wildman–Crippen MR) is 76.8 cm³/mol. The third-order valence-electron chi connectivity index (χ3n) is 3.44. The Labute approximate surface area is 115 Å². The van der Waals surface area contributed by atoms with E-state index in [1.54, 1.807) is 23.1 Å². The highest BCUT2D eigenvalue weighted by Gasteiger charge is 2.21. The van der Waals surface area contributed by atoms with Gasteiger partial charge in [-0.15, -0.1) is 0 Å². The van der Waals surface area contributed by atoms with Gasteiger partial charge in [0, 0.05) is 19.0 Å². The number of phenols is 1. The Morgan fingerprint density at radius 2 is 2.11 bits per heavy atom. The van der Waals surface area contributed by atoms with E-state index in [0.717, 1.165) is 12.0 Å². The molecule has 2 unspecified atom stereocenters. The molecular weight excluding hydrogens is 240 g/mol. The molecule has 0 aliphatic carbocycles. The van der Waals surface area contributed by atoms with Crippen molar-refractivity contribution in [2.45, 2.75) is 45.7 Å². The third-order valence-corrected chi connectivity index (χ3v) is 3.44. The number of carbonyl (C=O) groups excluding carboxylic acids is 1. The van der Waals surface area contributed by atoms with E-state index in [2.05, 4.69) is 0 Å². The minimum absolute atomic E-state index is 0.0614. The van der Waals surface area contributed by atoms with Gasteiger partial charge in [-0.25, -0.2) is 0 Å². The van der Waals surface area contributed by atoms with Gasteiger partial charge in [0.2, 0.25) is 5.91 Å². The standard InChI is InChI=1S/C15H24N2O2/c1-4-13(16)10-15(19)17(5-2)11(3)12-7-6-8-14(18)9-12/h6-9,11,13,18H,4-5,10,16H2,1-3H3. The van der Waals surface area contributed by atoms with Crippen LogP contribution in [0.1, 0.15) is 45.2 Å². The summed E-state index contributed by atoms with van der Waals surface area (Å²) in [7, 11) is 0. The molecule has 0 radical (unpaired) electrons. The summed E-state index contributed by atoms with van der Waals surface area (Å²) in [5.41, 5.74) is 6.77. The van der Waals surface area contributed by atoms with Gasteiger partial charge in [0.05, 0.1) is 6.04 Å². The van der Waals surface area contributed by atoms with Gasteiger partial charge in [-0.1, -0.05) is 19.1 Å². The number of benzene rings is 1. The number of phenolic OH excluding ortho intramolecular Hbond substituents is 1. The van der Waals surface area contributed by atoms with E-state index in [9.17, 15) is 9.90 Å². The van der Waals surface area contributed by atoms with E-state index >= 15 is 0 Å². The molecule has 0 fully saturated rings. The summed E-state index contributed by atoms with van der Waals surface area (Å²) >= 11 is 0. The molecule has 0 aliphatic heterocycles. The largest absolute Gasteiger partial charge is 0.508 e. The highest BCUT2D eigenvalue weighted by molar-refractivity contribution is 5.77. The zero-order valence-corrected chi connectivity index (χ0v) is 12.0. The molecular formula is C15H24N2O2. The average molecular weight is 264 g/mol. The number of carbonyl (C=O) groups is 1. The van der Waals surface area contributed by atoms with Gasteiger partial charge >= 0.3 is 0 Å². The van der Waals surface area contributed by atoms with E-state index in [-0.39, 0.29) is 23.7 Å². The molecule has 4 heteroatoms. The molecule has 4 nitrogen and oxygen atoms in total. The lowest BCUT2D eigenvalue weighted by Crippen LogP contribution is -2.37. The van der Waals surface area contributed by atoms with Crippen LogP contribution in [-0.4, -0.2) is 28.5 Å². The summed E-state index contributed by atoms with van der Waals surface area (Å²) in [4.78, 5) is 14.0. The van der Waals surface area contributed by atoms with Crippen LogP contribution < -0.4 is 5.73 Å². The van der Waals surface area contributed by atoms with Gasteiger partial charge < -0.3 is 15.7 Å². The van der Waals surface area contributed by atoms with Crippen LogP contribution in [0.15, 0.2) is 24.3 Å². The van der Waals surface area contributed by atoms with Crippen LogP contribution in [0.5, 0.6) is 5.75 Å². The first kappa shape index (κ1) is 15.5. The van der Waals surface area contributed by atoms with Gasteiger partial charge in [-0.2, -0.15) is 0 Å². The number of amides is 1. The first-order valence-corrected chi connectivity index (χ1v) is 6.83. The fraction of sp³-hybridized carbons (Fsp3) is 0.533. The number of hydrogen-bond donors (Lipinski definition) is 2. The van der Waals surface area contributed by atoms with E-state index in [1.165, 1.54) is 0 Å². The molecule has 106 valence electrons. The second-order valence-corrected chi connectivity index (χ2v) is 4.82. The second-order valence-electron chi connectivity index (χ2n) is 4.82. The summed E-state index contributed by atoms with van der Waals surface area (Å²) < 4.78 is 0. The molecule has 0 saturated heterocycles. The van der Waals surface area contributed by atoms with Crippen LogP contribution in [0.25, 0.3) is 0 Å². The summed E-state index contributed by atoms with van der Waals surface area (Å²) in [6, 6.07) is 6.88. The summed E-state index contributed by atoms with van der Waals surface area (Å²) in [5, 5.41) is 9.52. The number of nitrogens with two attached hydrogens (primary N) is 1. The SMILES string of the molecule is CCC(N)CC(=O)N(CC)C(C)c1cccc(O)c1. The molecule has 1 aromatic rings. The Morgan fingerprint density at radius 1 is 1.42 bits per heavy atom. The molecule has 0 saturated carbocycles. The van der Waals surface area contributed by atoms with Crippen LogP contribution >= 0.6 is 0 Å².